The van der Waals surface area contributed by atoms with Gasteiger partial charge in [0.05, 0.1) is 4.34 Å². The zero-order valence-corrected chi connectivity index (χ0v) is 13.4. The number of benzene rings is 1. The largest absolute Gasteiger partial charge is 0.303 e. The minimum Gasteiger partial charge on any atom is -0.303 e. The van der Waals surface area contributed by atoms with E-state index in [0.29, 0.717) is 12.1 Å². The summed E-state index contributed by atoms with van der Waals surface area (Å²) in [4.78, 5) is 1.28. The maximum Gasteiger partial charge on any atom is 0.0931 e. The van der Waals surface area contributed by atoms with E-state index in [0.717, 1.165) is 4.34 Å². The molecule has 102 valence electrons. The molecule has 1 aromatic carbocycles. The lowest BCUT2D eigenvalue weighted by molar-refractivity contribution is 0.498. The standard InChI is InChI=1S/C16H20ClNS/c1-10-5-6-14(11(2)9-10)12(3)18-13(4)15-7-8-16(17)19-15/h5-9,12-13,18H,1-4H3. The molecule has 2 rings (SSSR count). The van der Waals surface area contributed by atoms with Crippen LogP contribution in [0.25, 0.3) is 0 Å². The molecule has 1 N–H and O–H groups in total. The van der Waals surface area contributed by atoms with Crippen LogP contribution in [0.2, 0.25) is 4.34 Å². The highest BCUT2D eigenvalue weighted by Crippen LogP contribution is 2.29. The minimum atomic E-state index is 0.313. The molecule has 0 aliphatic rings. The van der Waals surface area contributed by atoms with Crippen LogP contribution >= 0.6 is 22.9 Å². The van der Waals surface area contributed by atoms with Crippen molar-refractivity contribution in [3.63, 3.8) is 0 Å². The monoisotopic (exact) mass is 293 g/mol. The molecule has 1 heterocycles. The van der Waals surface area contributed by atoms with Gasteiger partial charge in [-0.3, -0.25) is 0 Å². The molecule has 0 saturated heterocycles. The average molecular weight is 294 g/mol. The Bertz CT molecular complexity index is 562. The highest BCUT2D eigenvalue weighted by molar-refractivity contribution is 7.16. The first-order valence-corrected chi connectivity index (χ1v) is 7.75. The van der Waals surface area contributed by atoms with Crippen LogP contribution in [0.3, 0.4) is 0 Å². The summed E-state index contributed by atoms with van der Waals surface area (Å²) in [5.74, 6) is 0. The topological polar surface area (TPSA) is 12.0 Å². The molecular formula is C16H20ClNS. The van der Waals surface area contributed by atoms with Crippen LogP contribution in [-0.4, -0.2) is 0 Å². The Morgan fingerprint density at radius 2 is 1.79 bits per heavy atom. The van der Waals surface area contributed by atoms with Crippen LogP contribution in [-0.2, 0) is 0 Å². The van der Waals surface area contributed by atoms with Gasteiger partial charge in [0.1, 0.15) is 0 Å². The Hall–Kier alpha value is -0.830. The molecule has 19 heavy (non-hydrogen) atoms. The molecule has 0 aliphatic carbocycles. The quantitative estimate of drug-likeness (QED) is 0.792. The van der Waals surface area contributed by atoms with Gasteiger partial charge in [0.2, 0.25) is 0 Å². The Balaban J connectivity index is 2.10. The first-order chi connectivity index (χ1) is 8.97. The maximum atomic E-state index is 5.99. The van der Waals surface area contributed by atoms with E-state index in [4.69, 9.17) is 11.6 Å². The Kier molecular flexibility index (Phi) is 4.67. The molecule has 0 fully saturated rings. The zero-order valence-electron chi connectivity index (χ0n) is 11.8. The van der Waals surface area contributed by atoms with Crippen molar-refractivity contribution in [2.24, 2.45) is 0 Å². The molecule has 1 nitrogen and oxygen atoms in total. The molecule has 0 bridgehead atoms. The second-order valence-corrected chi connectivity index (χ2v) is 6.86. The first-order valence-electron chi connectivity index (χ1n) is 6.56. The van der Waals surface area contributed by atoms with E-state index >= 15 is 0 Å². The van der Waals surface area contributed by atoms with Crippen LogP contribution in [0.15, 0.2) is 30.3 Å². The molecular weight excluding hydrogens is 274 g/mol. The summed E-state index contributed by atoms with van der Waals surface area (Å²) in [6, 6.07) is 11.3. The molecule has 2 aromatic rings. The highest BCUT2D eigenvalue weighted by atomic mass is 35.5. The SMILES string of the molecule is Cc1ccc(C(C)NC(C)c2ccc(Cl)s2)c(C)c1. The molecule has 2 atom stereocenters. The summed E-state index contributed by atoms with van der Waals surface area (Å²) in [5, 5.41) is 3.64. The molecule has 0 aliphatic heterocycles. The third-order valence-corrected chi connectivity index (χ3v) is 4.83. The van der Waals surface area contributed by atoms with E-state index in [1.54, 1.807) is 11.3 Å². The van der Waals surface area contributed by atoms with Gasteiger partial charge >= 0.3 is 0 Å². The summed E-state index contributed by atoms with van der Waals surface area (Å²) < 4.78 is 0.850. The van der Waals surface area contributed by atoms with E-state index in [-0.39, 0.29) is 0 Å². The van der Waals surface area contributed by atoms with Gasteiger partial charge in [-0.2, -0.15) is 0 Å². The van der Waals surface area contributed by atoms with E-state index in [1.807, 2.05) is 6.07 Å². The molecule has 0 spiro atoms. The first kappa shape index (κ1) is 14.6. The fraction of sp³-hybridized carbons (Fsp3) is 0.375. The third-order valence-electron chi connectivity index (χ3n) is 3.41. The van der Waals surface area contributed by atoms with Crippen molar-refractivity contribution in [1.29, 1.82) is 0 Å². The van der Waals surface area contributed by atoms with Gasteiger partial charge in [-0.15, -0.1) is 11.3 Å². The van der Waals surface area contributed by atoms with Gasteiger partial charge in [0.15, 0.2) is 0 Å². The van der Waals surface area contributed by atoms with Gasteiger partial charge in [-0.1, -0.05) is 35.4 Å². The predicted molar refractivity (Wildman–Crippen MR) is 85.2 cm³/mol. The maximum absolute atomic E-state index is 5.99. The van der Waals surface area contributed by atoms with Gasteiger partial charge < -0.3 is 5.32 Å². The van der Waals surface area contributed by atoms with E-state index < -0.39 is 0 Å². The van der Waals surface area contributed by atoms with Gasteiger partial charge in [-0.25, -0.2) is 0 Å². The zero-order chi connectivity index (χ0) is 14.0. The predicted octanol–water partition coefficient (Wildman–Crippen LogP) is 5.43. The molecule has 0 amide bonds. The molecule has 3 heteroatoms. The number of nitrogens with one attached hydrogen (secondary N) is 1. The van der Waals surface area contributed by atoms with Gasteiger partial charge in [-0.05, 0) is 51.0 Å². The normalized spacial score (nSPS) is 14.4. The second kappa shape index (κ2) is 6.08. The van der Waals surface area contributed by atoms with Crippen molar-refractivity contribution in [2.45, 2.75) is 39.8 Å². The van der Waals surface area contributed by atoms with E-state index in [9.17, 15) is 0 Å². The minimum absolute atomic E-state index is 0.313. The van der Waals surface area contributed by atoms with Crippen LogP contribution in [0.5, 0.6) is 0 Å². The Morgan fingerprint density at radius 3 is 2.37 bits per heavy atom. The van der Waals surface area contributed by atoms with Crippen molar-refractivity contribution in [3.8, 4) is 0 Å². The summed E-state index contributed by atoms with van der Waals surface area (Å²) >= 11 is 7.63. The smallest absolute Gasteiger partial charge is 0.0931 e. The Morgan fingerprint density at radius 1 is 1.05 bits per heavy atom. The Labute approximate surface area is 124 Å². The van der Waals surface area contributed by atoms with E-state index in [2.05, 4.69) is 57.3 Å². The van der Waals surface area contributed by atoms with Crippen molar-refractivity contribution in [3.05, 3.63) is 56.2 Å². The fourth-order valence-electron chi connectivity index (χ4n) is 2.42. The van der Waals surface area contributed by atoms with Crippen LogP contribution < -0.4 is 5.32 Å². The van der Waals surface area contributed by atoms with Crippen LogP contribution in [0.1, 0.15) is 47.5 Å². The van der Waals surface area contributed by atoms with Crippen molar-refractivity contribution < 1.29 is 0 Å². The third kappa shape index (κ3) is 3.59. The molecule has 1 aromatic heterocycles. The van der Waals surface area contributed by atoms with Gasteiger partial charge in [0, 0.05) is 17.0 Å². The highest BCUT2D eigenvalue weighted by Gasteiger charge is 2.14. The lowest BCUT2D eigenvalue weighted by atomic mass is 9.99. The van der Waals surface area contributed by atoms with Crippen LogP contribution in [0, 0.1) is 13.8 Å². The summed E-state index contributed by atoms with van der Waals surface area (Å²) in [6.07, 6.45) is 0. The number of halogens is 1. The van der Waals surface area contributed by atoms with Crippen LogP contribution in [0.4, 0.5) is 0 Å². The average Bonchev–Trinajstić information content (AvgIpc) is 2.75. The second-order valence-electron chi connectivity index (χ2n) is 5.11. The fourth-order valence-corrected chi connectivity index (χ4v) is 3.49. The summed E-state index contributed by atoms with van der Waals surface area (Å²) in [6.45, 7) is 8.70. The van der Waals surface area contributed by atoms with Crippen molar-refractivity contribution in [2.75, 3.05) is 0 Å². The number of thiophene rings is 1. The molecule has 0 radical (unpaired) electrons. The molecule has 0 saturated carbocycles. The lowest BCUT2D eigenvalue weighted by Gasteiger charge is -2.21. The number of hydrogen-bond donors (Lipinski definition) is 1. The number of hydrogen-bond acceptors (Lipinski definition) is 2. The lowest BCUT2D eigenvalue weighted by Crippen LogP contribution is -2.22. The number of rotatable bonds is 4. The van der Waals surface area contributed by atoms with Crippen molar-refractivity contribution >= 4 is 22.9 Å². The van der Waals surface area contributed by atoms with Gasteiger partial charge in [0.25, 0.3) is 0 Å². The molecule has 2 unspecified atom stereocenters. The summed E-state index contributed by atoms with van der Waals surface area (Å²) in [5.41, 5.74) is 4.02. The van der Waals surface area contributed by atoms with E-state index in [1.165, 1.54) is 21.6 Å². The van der Waals surface area contributed by atoms with Crippen molar-refractivity contribution in [1.82, 2.24) is 5.32 Å². The summed E-state index contributed by atoms with van der Waals surface area (Å²) in [7, 11) is 0. The number of aryl methyl sites for hydroxylation is 2.